The maximum atomic E-state index is 13.4. The van der Waals surface area contributed by atoms with E-state index in [9.17, 15) is 19.2 Å². The molecule has 4 aromatic carbocycles. The van der Waals surface area contributed by atoms with Gasteiger partial charge in [-0.15, -0.1) is 11.8 Å². The van der Waals surface area contributed by atoms with Gasteiger partial charge in [-0.3, -0.25) is 19.2 Å². The van der Waals surface area contributed by atoms with Gasteiger partial charge >= 0.3 is 0 Å². The Labute approximate surface area is 261 Å². The Balaban J connectivity index is 1.32. The molecule has 8 nitrogen and oxygen atoms in total. The number of ether oxygens (including phenoxy) is 1. The fourth-order valence-electron chi connectivity index (χ4n) is 4.38. The Bertz CT molecular complexity index is 1690. The van der Waals surface area contributed by atoms with Gasteiger partial charge in [0, 0.05) is 27.0 Å². The number of rotatable bonds is 9. The molecule has 1 heterocycles. The quantitative estimate of drug-likeness (QED) is 0.162. The Hall–Kier alpha value is -4.67. The summed E-state index contributed by atoms with van der Waals surface area (Å²) < 4.78 is 6.06. The molecule has 1 fully saturated rings. The number of thioether (sulfide) groups is 1. The van der Waals surface area contributed by atoms with E-state index in [1.807, 2.05) is 6.07 Å². The first-order valence-corrected chi connectivity index (χ1v) is 14.9. The molecule has 0 bridgehead atoms. The lowest BCUT2D eigenvalue weighted by Gasteiger charge is -2.15. The number of carbonyl (C=O) groups excluding carboxylic acids is 4. The normalized spacial score (nSPS) is 14.9. The van der Waals surface area contributed by atoms with Crippen LogP contribution >= 0.6 is 27.7 Å². The lowest BCUT2D eigenvalue weighted by Crippen LogP contribution is -2.31. The highest BCUT2D eigenvalue weighted by Crippen LogP contribution is 2.35. The molecule has 0 spiro atoms. The molecule has 43 heavy (non-hydrogen) atoms. The molecule has 1 aliphatic rings. The summed E-state index contributed by atoms with van der Waals surface area (Å²) in [5.74, 6) is -0.861. The van der Waals surface area contributed by atoms with E-state index < -0.39 is 17.1 Å². The third-order valence-corrected chi connectivity index (χ3v) is 8.22. The summed E-state index contributed by atoms with van der Waals surface area (Å²) >= 11 is 4.63. The highest BCUT2D eigenvalue weighted by molar-refractivity contribution is 9.10. The van der Waals surface area contributed by atoms with Crippen molar-refractivity contribution in [2.24, 2.45) is 0 Å². The van der Waals surface area contributed by atoms with Crippen molar-refractivity contribution in [2.45, 2.75) is 16.6 Å². The number of hydrogen-bond donors (Lipinski definition) is 2. The zero-order valence-corrected chi connectivity index (χ0v) is 25.4. The minimum atomic E-state index is -0.599. The topological polar surface area (TPSA) is 105 Å². The summed E-state index contributed by atoms with van der Waals surface area (Å²) in [5, 5.41) is 4.96. The van der Waals surface area contributed by atoms with Crippen molar-refractivity contribution in [3.05, 3.63) is 124 Å². The van der Waals surface area contributed by atoms with Crippen LogP contribution in [0.15, 0.2) is 118 Å². The molecule has 1 atom stereocenters. The number of amides is 4. The SMILES string of the molecule is COc1ccc(/C=C(\NC(=O)c2ccccc2)C(=O)Nc2cccc(S[C@@H]3CC(=O)N(c4ccc(Br)cc4)C3=O)c2)cc1. The van der Waals surface area contributed by atoms with Crippen LogP contribution in [0.3, 0.4) is 0 Å². The molecule has 4 aromatic rings. The van der Waals surface area contributed by atoms with Crippen molar-refractivity contribution in [3.63, 3.8) is 0 Å². The van der Waals surface area contributed by atoms with Gasteiger partial charge in [0.25, 0.3) is 11.8 Å². The molecule has 0 aromatic heterocycles. The van der Waals surface area contributed by atoms with Crippen molar-refractivity contribution in [2.75, 3.05) is 17.3 Å². The second-order valence-electron chi connectivity index (χ2n) is 9.49. The first kappa shape index (κ1) is 29.8. The Morgan fingerprint density at radius 3 is 2.35 bits per heavy atom. The number of hydrogen-bond acceptors (Lipinski definition) is 6. The number of carbonyl (C=O) groups is 4. The molecule has 216 valence electrons. The molecule has 0 saturated carbocycles. The van der Waals surface area contributed by atoms with Gasteiger partial charge in [-0.05, 0) is 78.4 Å². The summed E-state index contributed by atoms with van der Waals surface area (Å²) in [6.45, 7) is 0. The molecule has 4 amide bonds. The second-order valence-corrected chi connectivity index (χ2v) is 11.7. The lowest BCUT2D eigenvalue weighted by atomic mass is 10.1. The van der Waals surface area contributed by atoms with Crippen LogP contribution in [0.25, 0.3) is 6.08 Å². The van der Waals surface area contributed by atoms with E-state index in [1.54, 1.807) is 110 Å². The van der Waals surface area contributed by atoms with E-state index in [1.165, 1.54) is 16.7 Å². The standard InChI is InChI=1S/C33H26BrN3O5S/c1-42-26-16-10-21(11-17-26)18-28(36-31(39)22-6-3-2-4-7-22)32(40)35-24-8-5-9-27(19-24)43-29-20-30(38)37(33(29)41)25-14-12-23(34)13-15-25/h2-19,29H,20H2,1H3,(H,35,40)(H,36,39)/b28-18-/t29-/m1/s1. The molecular formula is C33H26BrN3O5S. The van der Waals surface area contributed by atoms with Gasteiger partial charge < -0.3 is 15.4 Å². The van der Waals surface area contributed by atoms with Gasteiger partial charge in [-0.2, -0.15) is 0 Å². The molecule has 0 aliphatic carbocycles. The fraction of sp³-hybridized carbons (Fsp3) is 0.0909. The van der Waals surface area contributed by atoms with Gasteiger partial charge in [0.1, 0.15) is 11.4 Å². The predicted molar refractivity (Wildman–Crippen MR) is 171 cm³/mol. The average molecular weight is 657 g/mol. The minimum Gasteiger partial charge on any atom is -0.497 e. The Morgan fingerprint density at radius 1 is 0.930 bits per heavy atom. The molecular weight excluding hydrogens is 630 g/mol. The highest BCUT2D eigenvalue weighted by atomic mass is 79.9. The van der Waals surface area contributed by atoms with Crippen LogP contribution in [0.2, 0.25) is 0 Å². The molecule has 2 N–H and O–H groups in total. The zero-order valence-electron chi connectivity index (χ0n) is 23.0. The smallest absolute Gasteiger partial charge is 0.272 e. The summed E-state index contributed by atoms with van der Waals surface area (Å²) in [6.07, 6.45) is 1.64. The number of methoxy groups -OCH3 is 1. The van der Waals surface area contributed by atoms with Gasteiger partial charge in [-0.25, -0.2) is 4.90 Å². The summed E-state index contributed by atoms with van der Waals surface area (Å²) in [6, 6.07) is 29.7. The zero-order chi connectivity index (χ0) is 30.3. The van der Waals surface area contributed by atoms with E-state index >= 15 is 0 Å². The van der Waals surface area contributed by atoms with Crippen molar-refractivity contribution in [1.29, 1.82) is 0 Å². The van der Waals surface area contributed by atoms with Crippen LogP contribution < -0.4 is 20.3 Å². The van der Waals surface area contributed by atoms with E-state index in [0.29, 0.717) is 33.1 Å². The van der Waals surface area contributed by atoms with E-state index in [-0.39, 0.29) is 23.9 Å². The van der Waals surface area contributed by atoms with Crippen LogP contribution in [0.5, 0.6) is 5.75 Å². The molecule has 1 aliphatic heterocycles. The van der Waals surface area contributed by atoms with Crippen LogP contribution in [0.4, 0.5) is 11.4 Å². The maximum Gasteiger partial charge on any atom is 0.272 e. The second kappa shape index (κ2) is 13.5. The van der Waals surface area contributed by atoms with Crippen LogP contribution in [-0.2, 0) is 14.4 Å². The van der Waals surface area contributed by atoms with Crippen molar-refractivity contribution in [3.8, 4) is 5.75 Å². The van der Waals surface area contributed by atoms with Crippen molar-refractivity contribution < 1.29 is 23.9 Å². The maximum absolute atomic E-state index is 13.4. The number of halogens is 1. The average Bonchev–Trinajstić information content (AvgIpc) is 3.30. The van der Waals surface area contributed by atoms with Crippen LogP contribution in [-0.4, -0.2) is 36.0 Å². The first-order chi connectivity index (χ1) is 20.8. The summed E-state index contributed by atoms with van der Waals surface area (Å²) in [4.78, 5) is 54.1. The monoisotopic (exact) mass is 655 g/mol. The largest absolute Gasteiger partial charge is 0.497 e. The highest BCUT2D eigenvalue weighted by Gasteiger charge is 2.40. The van der Waals surface area contributed by atoms with Gasteiger partial charge in [0.2, 0.25) is 11.8 Å². The lowest BCUT2D eigenvalue weighted by molar-refractivity contribution is -0.121. The molecule has 0 unspecified atom stereocenters. The van der Waals surface area contributed by atoms with Crippen molar-refractivity contribution in [1.82, 2.24) is 5.32 Å². The van der Waals surface area contributed by atoms with E-state index in [4.69, 9.17) is 4.74 Å². The van der Waals surface area contributed by atoms with Gasteiger partial charge in [-0.1, -0.05) is 52.3 Å². The number of nitrogens with one attached hydrogen (secondary N) is 2. The number of benzene rings is 4. The van der Waals surface area contributed by atoms with Gasteiger partial charge in [0.05, 0.1) is 18.0 Å². The molecule has 0 radical (unpaired) electrons. The van der Waals surface area contributed by atoms with Crippen LogP contribution in [0, 0.1) is 0 Å². The van der Waals surface area contributed by atoms with Crippen LogP contribution in [0.1, 0.15) is 22.3 Å². The summed E-state index contributed by atoms with van der Waals surface area (Å²) in [5.41, 5.74) is 2.12. The van der Waals surface area contributed by atoms with E-state index in [2.05, 4.69) is 26.6 Å². The number of anilines is 2. The Morgan fingerprint density at radius 2 is 1.65 bits per heavy atom. The molecule has 1 saturated heterocycles. The fourth-order valence-corrected chi connectivity index (χ4v) is 5.75. The first-order valence-electron chi connectivity index (χ1n) is 13.2. The Kier molecular flexibility index (Phi) is 9.38. The molecule has 10 heteroatoms. The third kappa shape index (κ3) is 7.40. The van der Waals surface area contributed by atoms with Crippen molar-refractivity contribution >= 4 is 68.8 Å². The van der Waals surface area contributed by atoms with E-state index in [0.717, 1.165) is 4.47 Å². The summed E-state index contributed by atoms with van der Waals surface area (Å²) in [7, 11) is 1.56. The predicted octanol–water partition coefficient (Wildman–Crippen LogP) is 6.29. The third-order valence-electron chi connectivity index (χ3n) is 6.52. The molecule has 5 rings (SSSR count). The minimum absolute atomic E-state index is 0.0405. The number of nitrogens with zero attached hydrogens (tertiary/aromatic N) is 1. The number of imide groups is 1. The van der Waals surface area contributed by atoms with Gasteiger partial charge in [0.15, 0.2) is 0 Å².